The molecule has 1 fully saturated rings. The minimum Gasteiger partial charge on any atom is -0.389 e. The predicted octanol–water partition coefficient (Wildman–Crippen LogP) is 3.68. The Bertz CT molecular complexity index is 433. The Morgan fingerprint density at radius 2 is 2.24 bits per heavy atom. The largest absolute Gasteiger partial charge is 0.389 e. The standard InChI is InChI=1S/C13H17BrN2S/c1-8-5-6-9(7-8)16-11-4-2-3-10(14)12(11)13(15)17/h2-4,8-9,16H,5-7H2,1H3,(H2,15,17). The van der Waals surface area contributed by atoms with Gasteiger partial charge in [0.05, 0.1) is 0 Å². The van der Waals surface area contributed by atoms with Gasteiger partial charge in [0.1, 0.15) is 4.99 Å². The maximum Gasteiger partial charge on any atom is 0.107 e. The van der Waals surface area contributed by atoms with E-state index in [1.165, 1.54) is 19.3 Å². The molecule has 0 bridgehead atoms. The minimum atomic E-state index is 0.436. The molecule has 0 aliphatic heterocycles. The zero-order chi connectivity index (χ0) is 12.4. The summed E-state index contributed by atoms with van der Waals surface area (Å²) in [4.78, 5) is 0.436. The lowest BCUT2D eigenvalue weighted by atomic mass is 10.1. The number of hydrogen-bond donors (Lipinski definition) is 2. The Hall–Kier alpha value is -0.610. The molecule has 92 valence electrons. The van der Waals surface area contributed by atoms with Crippen LogP contribution in [0.5, 0.6) is 0 Å². The highest BCUT2D eigenvalue weighted by atomic mass is 79.9. The van der Waals surface area contributed by atoms with Crippen molar-refractivity contribution in [2.24, 2.45) is 11.7 Å². The third kappa shape index (κ3) is 2.99. The van der Waals surface area contributed by atoms with Crippen LogP contribution in [-0.4, -0.2) is 11.0 Å². The topological polar surface area (TPSA) is 38.0 Å². The summed E-state index contributed by atoms with van der Waals surface area (Å²) in [6, 6.07) is 6.57. The molecule has 1 saturated carbocycles. The number of anilines is 1. The maximum atomic E-state index is 5.78. The quantitative estimate of drug-likeness (QED) is 0.836. The highest BCUT2D eigenvalue weighted by molar-refractivity contribution is 9.10. The van der Waals surface area contributed by atoms with Gasteiger partial charge in [0.25, 0.3) is 0 Å². The van der Waals surface area contributed by atoms with Gasteiger partial charge in [-0.15, -0.1) is 0 Å². The van der Waals surface area contributed by atoms with Crippen LogP contribution in [0.1, 0.15) is 31.7 Å². The molecule has 0 amide bonds. The molecule has 17 heavy (non-hydrogen) atoms. The Balaban J connectivity index is 2.20. The van der Waals surface area contributed by atoms with E-state index in [9.17, 15) is 0 Å². The van der Waals surface area contributed by atoms with E-state index in [0.717, 1.165) is 21.6 Å². The Morgan fingerprint density at radius 1 is 1.47 bits per heavy atom. The lowest BCUT2D eigenvalue weighted by Crippen LogP contribution is -2.20. The molecule has 3 N–H and O–H groups in total. The summed E-state index contributed by atoms with van der Waals surface area (Å²) in [6.07, 6.45) is 3.75. The summed E-state index contributed by atoms with van der Waals surface area (Å²) in [5, 5.41) is 3.56. The molecule has 0 spiro atoms. The van der Waals surface area contributed by atoms with Crippen molar-refractivity contribution in [3.8, 4) is 0 Å². The Morgan fingerprint density at radius 3 is 2.82 bits per heavy atom. The fourth-order valence-corrected chi connectivity index (χ4v) is 3.38. The highest BCUT2D eigenvalue weighted by Crippen LogP contribution is 2.30. The lowest BCUT2D eigenvalue weighted by Gasteiger charge is -2.17. The van der Waals surface area contributed by atoms with Gasteiger partial charge < -0.3 is 11.1 Å². The summed E-state index contributed by atoms with van der Waals surface area (Å²) in [5.74, 6) is 0.813. The molecule has 1 aliphatic carbocycles. The second kappa shape index (κ2) is 5.36. The number of nitrogens with one attached hydrogen (secondary N) is 1. The summed E-state index contributed by atoms with van der Waals surface area (Å²) in [6.45, 7) is 2.30. The summed E-state index contributed by atoms with van der Waals surface area (Å²) in [7, 11) is 0. The molecule has 1 aliphatic rings. The number of rotatable bonds is 3. The average Bonchev–Trinajstić information content (AvgIpc) is 2.63. The van der Waals surface area contributed by atoms with Crippen molar-refractivity contribution < 1.29 is 0 Å². The molecule has 1 aromatic rings. The van der Waals surface area contributed by atoms with Gasteiger partial charge >= 0.3 is 0 Å². The monoisotopic (exact) mass is 312 g/mol. The molecule has 2 rings (SSSR count). The van der Waals surface area contributed by atoms with Crippen LogP contribution in [0.2, 0.25) is 0 Å². The fourth-order valence-electron chi connectivity index (χ4n) is 2.45. The molecular weight excluding hydrogens is 296 g/mol. The molecule has 0 saturated heterocycles. The highest BCUT2D eigenvalue weighted by Gasteiger charge is 2.22. The van der Waals surface area contributed by atoms with Gasteiger partial charge in [0.2, 0.25) is 0 Å². The maximum absolute atomic E-state index is 5.78. The van der Waals surface area contributed by atoms with Crippen molar-refractivity contribution in [3.63, 3.8) is 0 Å². The van der Waals surface area contributed by atoms with Crippen LogP contribution in [0.15, 0.2) is 22.7 Å². The Kier molecular flexibility index (Phi) is 4.05. The first kappa shape index (κ1) is 12.8. The van der Waals surface area contributed by atoms with E-state index in [-0.39, 0.29) is 0 Å². The molecule has 2 atom stereocenters. The van der Waals surface area contributed by atoms with Gasteiger partial charge in [0.15, 0.2) is 0 Å². The first-order chi connectivity index (χ1) is 8.08. The molecule has 0 heterocycles. The zero-order valence-corrected chi connectivity index (χ0v) is 12.3. The molecule has 0 radical (unpaired) electrons. The second-order valence-electron chi connectivity index (χ2n) is 4.79. The average molecular weight is 313 g/mol. The van der Waals surface area contributed by atoms with Crippen LogP contribution >= 0.6 is 28.1 Å². The van der Waals surface area contributed by atoms with Gasteiger partial charge in [-0.3, -0.25) is 0 Å². The van der Waals surface area contributed by atoms with Crippen LogP contribution in [0.3, 0.4) is 0 Å². The summed E-state index contributed by atoms with van der Waals surface area (Å²) >= 11 is 8.61. The third-order valence-corrected chi connectivity index (χ3v) is 4.18. The van der Waals surface area contributed by atoms with E-state index in [4.69, 9.17) is 18.0 Å². The van der Waals surface area contributed by atoms with Gasteiger partial charge in [-0.1, -0.05) is 25.2 Å². The number of hydrogen-bond acceptors (Lipinski definition) is 2. The lowest BCUT2D eigenvalue weighted by molar-refractivity contribution is 0.602. The van der Waals surface area contributed by atoms with Crippen LogP contribution in [-0.2, 0) is 0 Å². The van der Waals surface area contributed by atoms with E-state index in [2.05, 4.69) is 28.2 Å². The number of nitrogens with two attached hydrogens (primary N) is 1. The fraction of sp³-hybridized carbons (Fsp3) is 0.462. The smallest absolute Gasteiger partial charge is 0.107 e. The van der Waals surface area contributed by atoms with Crippen LogP contribution in [0.25, 0.3) is 0 Å². The van der Waals surface area contributed by atoms with Gasteiger partial charge in [-0.25, -0.2) is 0 Å². The normalized spacial score (nSPS) is 23.6. The van der Waals surface area contributed by atoms with Crippen LogP contribution in [0, 0.1) is 5.92 Å². The van der Waals surface area contributed by atoms with Crippen molar-refractivity contribution in [1.29, 1.82) is 0 Å². The molecule has 0 aromatic heterocycles. The first-order valence-electron chi connectivity index (χ1n) is 5.92. The Labute approximate surface area is 116 Å². The number of thiocarbonyl (C=S) groups is 1. The molecule has 4 heteroatoms. The number of benzene rings is 1. The van der Waals surface area contributed by atoms with Crippen molar-refractivity contribution in [3.05, 3.63) is 28.2 Å². The summed E-state index contributed by atoms with van der Waals surface area (Å²) < 4.78 is 0.959. The summed E-state index contributed by atoms with van der Waals surface area (Å²) in [5.41, 5.74) is 7.74. The van der Waals surface area contributed by atoms with Crippen molar-refractivity contribution in [1.82, 2.24) is 0 Å². The number of halogens is 1. The van der Waals surface area contributed by atoms with E-state index in [1.807, 2.05) is 18.2 Å². The predicted molar refractivity (Wildman–Crippen MR) is 80.5 cm³/mol. The zero-order valence-electron chi connectivity index (χ0n) is 9.87. The molecule has 2 nitrogen and oxygen atoms in total. The van der Waals surface area contributed by atoms with Crippen molar-refractivity contribution >= 4 is 38.8 Å². The van der Waals surface area contributed by atoms with Gasteiger partial charge in [-0.05, 0) is 53.2 Å². The van der Waals surface area contributed by atoms with E-state index >= 15 is 0 Å². The van der Waals surface area contributed by atoms with E-state index < -0.39 is 0 Å². The van der Waals surface area contributed by atoms with Crippen LogP contribution in [0.4, 0.5) is 5.69 Å². The first-order valence-corrected chi connectivity index (χ1v) is 7.13. The minimum absolute atomic E-state index is 0.436. The third-order valence-electron chi connectivity index (χ3n) is 3.31. The van der Waals surface area contributed by atoms with E-state index in [1.54, 1.807) is 0 Å². The van der Waals surface area contributed by atoms with Crippen molar-refractivity contribution in [2.45, 2.75) is 32.2 Å². The van der Waals surface area contributed by atoms with E-state index in [0.29, 0.717) is 11.0 Å². The molecular formula is C13H17BrN2S. The second-order valence-corrected chi connectivity index (χ2v) is 6.08. The van der Waals surface area contributed by atoms with Gasteiger partial charge in [-0.2, -0.15) is 0 Å². The molecule has 2 unspecified atom stereocenters. The van der Waals surface area contributed by atoms with Crippen molar-refractivity contribution in [2.75, 3.05) is 5.32 Å². The van der Waals surface area contributed by atoms with Gasteiger partial charge in [0, 0.05) is 21.8 Å². The van der Waals surface area contributed by atoms with Crippen LogP contribution < -0.4 is 11.1 Å². The SMILES string of the molecule is CC1CCC(Nc2cccc(Br)c2C(N)=S)C1. The molecule has 1 aromatic carbocycles.